The maximum absolute atomic E-state index is 13.5. The first-order valence-electron chi connectivity index (χ1n) is 6.44. The Kier molecular flexibility index (Phi) is 3.94. The third-order valence-electron chi connectivity index (χ3n) is 3.72. The lowest BCUT2D eigenvalue weighted by Crippen LogP contribution is -2.38. The van der Waals surface area contributed by atoms with E-state index in [4.69, 9.17) is 0 Å². The minimum Gasteiger partial charge on any atom is -0.207 e. The summed E-state index contributed by atoms with van der Waals surface area (Å²) in [6.45, 7) is 2.21. The molecule has 7 heteroatoms. The van der Waals surface area contributed by atoms with Crippen molar-refractivity contribution < 1.29 is 12.8 Å². The number of rotatable bonds is 2. The number of thiophene rings is 1. The fraction of sp³-hybridized carbons (Fsp3) is 0.286. The lowest BCUT2D eigenvalue weighted by atomic mass is 9.95. The van der Waals surface area contributed by atoms with Crippen LogP contribution in [0.3, 0.4) is 0 Å². The van der Waals surface area contributed by atoms with E-state index in [1.807, 2.05) is 0 Å². The summed E-state index contributed by atoms with van der Waals surface area (Å²) in [5.74, 6) is -0.336. The van der Waals surface area contributed by atoms with Crippen molar-refractivity contribution in [2.24, 2.45) is 0 Å². The van der Waals surface area contributed by atoms with Crippen LogP contribution < -0.4 is 0 Å². The second kappa shape index (κ2) is 5.46. The Morgan fingerprint density at radius 1 is 1.38 bits per heavy atom. The van der Waals surface area contributed by atoms with Crippen LogP contribution in [-0.4, -0.2) is 19.3 Å². The fourth-order valence-corrected chi connectivity index (χ4v) is 6.70. The van der Waals surface area contributed by atoms with E-state index < -0.39 is 10.0 Å². The van der Waals surface area contributed by atoms with E-state index in [0.717, 1.165) is 11.1 Å². The zero-order chi connectivity index (χ0) is 15.2. The summed E-state index contributed by atoms with van der Waals surface area (Å²) < 4.78 is 41.4. The van der Waals surface area contributed by atoms with Gasteiger partial charge in [0.2, 0.25) is 0 Å². The molecule has 0 saturated heterocycles. The third kappa shape index (κ3) is 2.56. The molecule has 0 amide bonds. The van der Waals surface area contributed by atoms with Gasteiger partial charge >= 0.3 is 0 Å². The number of benzene rings is 1. The van der Waals surface area contributed by atoms with Gasteiger partial charge in [0.05, 0.1) is 0 Å². The molecule has 2 aromatic rings. The molecular formula is C14H13BrFNO2S2. The fourth-order valence-electron chi connectivity index (χ4n) is 2.66. The summed E-state index contributed by atoms with van der Waals surface area (Å²) >= 11 is 4.46. The summed E-state index contributed by atoms with van der Waals surface area (Å²) in [5.41, 5.74) is 1.76. The van der Waals surface area contributed by atoms with E-state index in [2.05, 4.69) is 15.9 Å². The molecule has 0 aliphatic carbocycles. The monoisotopic (exact) mass is 389 g/mol. The highest BCUT2D eigenvalue weighted by Crippen LogP contribution is 2.37. The zero-order valence-electron chi connectivity index (χ0n) is 11.2. The van der Waals surface area contributed by atoms with Crippen molar-refractivity contribution in [1.29, 1.82) is 0 Å². The second-order valence-electron chi connectivity index (χ2n) is 4.94. The van der Waals surface area contributed by atoms with Gasteiger partial charge in [-0.25, -0.2) is 12.8 Å². The second-order valence-corrected chi connectivity index (χ2v) is 8.80. The molecule has 1 aliphatic heterocycles. The van der Waals surface area contributed by atoms with Gasteiger partial charge in [-0.2, -0.15) is 4.31 Å². The molecule has 1 unspecified atom stereocenters. The summed E-state index contributed by atoms with van der Waals surface area (Å²) in [7, 11) is -3.57. The Labute approximate surface area is 135 Å². The first kappa shape index (κ1) is 15.1. The average Bonchev–Trinajstić information content (AvgIpc) is 2.86. The van der Waals surface area contributed by atoms with Crippen molar-refractivity contribution in [2.75, 3.05) is 6.54 Å². The Hall–Kier alpha value is -0.760. The number of hydrogen-bond donors (Lipinski definition) is 0. The molecule has 2 heterocycles. The average molecular weight is 390 g/mol. The molecular weight excluding hydrogens is 377 g/mol. The van der Waals surface area contributed by atoms with Crippen LogP contribution in [0.5, 0.6) is 0 Å². The lowest BCUT2D eigenvalue weighted by molar-refractivity contribution is 0.326. The zero-order valence-corrected chi connectivity index (χ0v) is 14.4. The predicted molar refractivity (Wildman–Crippen MR) is 84.4 cm³/mol. The Morgan fingerprint density at radius 3 is 2.81 bits per heavy atom. The van der Waals surface area contributed by atoms with Gasteiger partial charge < -0.3 is 0 Å². The van der Waals surface area contributed by atoms with Gasteiger partial charge in [-0.05, 0) is 64.0 Å². The molecule has 21 heavy (non-hydrogen) atoms. The molecule has 1 aromatic heterocycles. The summed E-state index contributed by atoms with van der Waals surface area (Å²) in [6.07, 6.45) is 0.599. The molecule has 0 bridgehead atoms. The van der Waals surface area contributed by atoms with Crippen molar-refractivity contribution in [3.63, 3.8) is 0 Å². The van der Waals surface area contributed by atoms with Gasteiger partial charge in [-0.15, -0.1) is 11.3 Å². The quantitative estimate of drug-likeness (QED) is 0.779. The Balaban J connectivity index is 2.04. The predicted octanol–water partition coefficient (Wildman–Crippen LogP) is 3.96. The molecule has 3 rings (SSSR count). The summed E-state index contributed by atoms with van der Waals surface area (Å²) in [5, 5.41) is 1.74. The minimum absolute atomic E-state index is 0.300. The van der Waals surface area contributed by atoms with Crippen LogP contribution in [0.2, 0.25) is 0 Å². The first-order chi connectivity index (χ1) is 9.91. The molecule has 0 radical (unpaired) electrons. The molecule has 0 spiro atoms. The van der Waals surface area contributed by atoms with Crippen molar-refractivity contribution in [2.45, 2.75) is 23.6 Å². The maximum atomic E-state index is 13.5. The molecule has 0 N–H and O–H groups in total. The SMILES string of the molecule is CC1c2cc(F)ccc2CCN1S(=O)(=O)c1sccc1Br. The third-order valence-corrected chi connectivity index (χ3v) is 8.34. The van der Waals surface area contributed by atoms with Crippen LogP contribution in [-0.2, 0) is 16.4 Å². The summed E-state index contributed by atoms with van der Waals surface area (Å²) in [6, 6.07) is 5.95. The normalized spacial score (nSPS) is 19.5. The van der Waals surface area contributed by atoms with Crippen molar-refractivity contribution in [3.8, 4) is 0 Å². The molecule has 3 nitrogen and oxygen atoms in total. The molecule has 1 atom stereocenters. The summed E-state index contributed by atoms with van der Waals surface area (Å²) in [4.78, 5) is 0. The maximum Gasteiger partial charge on any atom is 0.254 e. The number of hydrogen-bond acceptors (Lipinski definition) is 3. The van der Waals surface area contributed by atoms with Crippen LogP contribution in [0.1, 0.15) is 24.1 Å². The smallest absolute Gasteiger partial charge is 0.207 e. The van der Waals surface area contributed by atoms with E-state index in [9.17, 15) is 12.8 Å². The van der Waals surface area contributed by atoms with Gasteiger partial charge in [0, 0.05) is 17.1 Å². The highest BCUT2D eigenvalue weighted by Gasteiger charge is 2.35. The van der Waals surface area contributed by atoms with E-state index in [1.54, 1.807) is 24.4 Å². The van der Waals surface area contributed by atoms with Crippen LogP contribution >= 0.6 is 27.3 Å². The molecule has 1 aliphatic rings. The molecule has 0 saturated carbocycles. The number of sulfonamides is 1. The molecule has 112 valence electrons. The Bertz CT molecular complexity index is 788. The van der Waals surface area contributed by atoms with E-state index >= 15 is 0 Å². The van der Waals surface area contributed by atoms with E-state index in [1.165, 1.54) is 27.8 Å². The van der Waals surface area contributed by atoms with Crippen molar-refractivity contribution in [1.82, 2.24) is 4.31 Å². The van der Waals surface area contributed by atoms with Gasteiger partial charge in [0.15, 0.2) is 0 Å². The van der Waals surface area contributed by atoms with Gasteiger partial charge in [0.1, 0.15) is 10.0 Å². The number of nitrogens with zero attached hydrogens (tertiary/aromatic N) is 1. The molecule has 0 fully saturated rings. The Morgan fingerprint density at radius 2 is 2.14 bits per heavy atom. The van der Waals surface area contributed by atoms with Gasteiger partial charge in [-0.1, -0.05) is 6.07 Å². The lowest BCUT2D eigenvalue weighted by Gasteiger charge is -2.34. The van der Waals surface area contributed by atoms with Crippen LogP contribution in [0, 0.1) is 5.82 Å². The standard InChI is InChI=1S/C14H13BrFNO2S2/c1-9-12-8-11(16)3-2-10(12)4-6-17(9)21(18,19)14-13(15)5-7-20-14/h2-3,5,7-9H,4,6H2,1H3. The number of fused-ring (bicyclic) bond motifs is 1. The highest BCUT2D eigenvalue weighted by atomic mass is 79.9. The van der Waals surface area contributed by atoms with Crippen molar-refractivity contribution >= 4 is 37.3 Å². The van der Waals surface area contributed by atoms with Crippen LogP contribution in [0.4, 0.5) is 4.39 Å². The first-order valence-corrected chi connectivity index (χ1v) is 9.55. The van der Waals surface area contributed by atoms with Gasteiger partial charge in [0.25, 0.3) is 10.0 Å². The molecule has 1 aromatic carbocycles. The van der Waals surface area contributed by atoms with Gasteiger partial charge in [-0.3, -0.25) is 0 Å². The van der Waals surface area contributed by atoms with Crippen molar-refractivity contribution in [3.05, 3.63) is 51.1 Å². The van der Waals surface area contributed by atoms with Crippen LogP contribution in [0.15, 0.2) is 38.3 Å². The minimum atomic E-state index is -3.57. The van der Waals surface area contributed by atoms with E-state index in [0.29, 0.717) is 21.6 Å². The van der Waals surface area contributed by atoms with Crippen LogP contribution in [0.25, 0.3) is 0 Å². The number of halogens is 2. The largest absolute Gasteiger partial charge is 0.254 e. The van der Waals surface area contributed by atoms with E-state index in [-0.39, 0.29) is 11.9 Å². The highest BCUT2D eigenvalue weighted by molar-refractivity contribution is 9.10. The topological polar surface area (TPSA) is 37.4 Å².